The number of hydrogen-bond acceptors (Lipinski definition) is 5. The molecule has 1 saturated heterocycles. The highest BCUT2D eigenvalue weighted by Gasteiger charge is 2.28. The van der Waals surface area contributed by atoms with E-state index >= 15 is 0 Å². The van der Waals surface area contributed by atoms with Crippen LogP contribution in [0.4, 0.5) is 0 Å². The maximum Gasteiger partial charge on any atom is 0.417 e. The normalized spacial score (nSPS) is 19.0. The molecule has 0 saturated carbocycles. The molecule has 3 rings (SSSR count). The predicted octanol–water partition coefficient (Wildman–Crippen LogP) is 0.0202. The molecule has 1 atom stereocenters. The number of hydrogen-bond donors (Lipinski definition) is 2. The molecule has 9 heteroatoms. The summed E-state index contributed by atoms with van der Waals surface area (Å²) in [5.41, 5.74) is 0.622. The van der Waals surface area contributed by atoms with Crippen LogP contribution in [0.5, 0.6) is 0 Å². The van der Waals surface area contributed by atoms with Crippen molar-refractivity contribution in [3.63, 3.8) is 0 Å². The maximum absolute atomic E-state index is 12.4. The molecular formula is C13H15N3O5S. The minimum absolute atomic E-state index is 0.0176. The first-order valence-electron chi connectivity index (χ1n) is 6.76. The van der Waals surface area contributed by atoms with Gasteiger partial charge in [0.15, 0.2) is 5.58 Å². The number of amides is 1. The van der Waals surface area contributed by atoms with Crippen LogP contribution in [0.2, 0.25) is 0 Å². The number of aromatic amines is 1. The minimum atomic E-state index is -3.74. The number of carbonyl (C=O) groups is 1. The van der Waals surface area contributed by atoms with Gasteiger partial charge < -0.3 is 9.32 Å². The van der Waals surface area contributed by atoms with Crippen molar-refractivity contribution in [3.05, 3.63) is 28.7 Å². The van der Waals surface area contributed by atoms with Gasteiger partial charge in [-0.25, -0.2) is 17.9 Å². The molecule has 2 aromatic rings. The van der Waals surface area contributed by atoms with Gasteiger partial charge in [0.25, 0.3) is 0 Å². The molecule has 1 amide bonds. The van der Waals surface area contributed by atoms with E-state index in [1.165, 1.54) is 25.1 Å². The molecule has 1 fully saturated rings. The van der Waals surface area contributed by atoms with E-state index in [0.29, 0.717) is 25.0 Å². The molecule has 118 valence electrons. The average Bonchev–Trinajstić information content (AvgIpc) is 3.02. The number of fused-ring (bicyclic) bond motifs is 1. The first-order valence-corrected chi connectivity index (χ1v) is 8.24. The maximum atomic E-state index is 12.4. The second kappa shape index (κ2) is 5.25. The van der Waals surface area contributed by atoms with Crippen LogP contribution < -0.4 is 10.5 Å². The largest absolute Gasteiger partial charge is 0.417 e. The van der Waals surface area contributed by atoms with Crippen molar-refractivity contribution in [2.24, 2.45) is 0 Å². The van der Waals surface area contributed by atoms with Crippen molar-refractivity contribution in [3.8, 4) is 0 Å². The molecular weight excluding hydrogens is 310 g/mol. The molecule has 0 spiro atoms. The van der Waals surface area contributed by atoms with Gasteiger partial charge in [-0.3, -0.25) is 9.78 Å². The van der Waals surface area contributed by atoms with Gasteiger partial charge in [-0.2, -0.15) is 0 Å². The third kappa shape index (κ3) is 2.77. The van der Waals surface area contributed by atoms with Crippen molar-refractivity contribution in [2.75, 3.05) is 13.1 Å². The molecule has 8 nitrogen and oxygen atoms in total. The zero-order valence-electron chi connectivity index (χ0n) is 11.8. The SMILES string of the molecule is CC(=O)N1CCC(NS(=O)(=O)c2ccc3[nH]c(=O)oc3c2)C1. The molecule has 1 aliphatic rings. The summed E-state index contributed by atoms with van der Waals surface area (Å²) in [6.45, 7) is 2.35. The van der Waals surface area contributed by atoms with Gasteiger partial charge in [0, 0.05) is 32.1 Å². The fraction of sp³-hybridized carbons (Fsp3) is 0.385. The lowest BCUT2D eigenvalue weighted by molar-refractivity contribution is -0.127. The van der Waals surface area contributed by atoms with Crippen LogP contribution in [0.3, 0.4) is 0 Å². The van der Waals surface area contributed by atoms with Crippen molar-refractivity contribution in [1.82, 2.24) is 14.6 Å². The highest BCUT2D eigenvalue weighted by atomic mass is 32.2. The summed E-state index contributed by atoms with van der Waals surface area (Å²) in [6.07, 6.45) is 0.570. The first-order chi connectivity index (χ1) is 10.3. The number of likely N-dealkylation sites (tertiary alicyclic amines) is 1. The molecule has 1 aromatic heterocycles. The van der Waals surface area contributed by atoms with Crippen LogP contribution in [0.1, 0.15) is 13.3 Å². The lowest BCUT2D eigenvalue weighted by Crippen LogP contribution is -2.37. The lowest BCUT2D eigenvalue weighted by atomic mass is 10.3. The first kappa shape index (κ1) is 14.8. The van der Waals surface area contributed by atoms with Gasteiger partial charge in [0.1, 0.15) is 0 Å². The summed E-state index contributed by atoms with van der Waals surface area (Å²) in [4.78, 5) is 26.4. The van der Waals surface area contributed by atoms with Crippen LogP contribution in [-0.4, -0.2) is 43.3 Å². The number of benzene rings is 1. The Morgan fingerprint density at radius 2 is 2.23 bits per heavy atom. The second-order valence-corrected chi connectivity index (χ2v) is 6.96. The zero-order chi connectivity index (χ0) is 15.9. The Balaban J connectivity index is 1.82. The van der Waals surface area contributed by atoms with E-state index in [-0.39, 0.29) is 22.4 Å². The predicted molar refractivity (Wildman–Crippen MR) is 77.8 cm³/mol. The Morgan fingerprint density at radius 3 is 2.91 bits per heavy atom. The second-order valence-electron chi connectivity index (χ2n) is 5.24. The number of oxazole rings is 1. The van der Waals surface area contributed by atoms with E-state index in [1.54, 1.807) is 4.90 Å². The fourth-order valence-corrected chi connectivity index (χ4v) is 3.80. The van der Waals surface area contributed by atoms with E-state index in [1.807, 2.05) is 0 Å². The monoisotopic (exact) mass is 325 g/mol. The highest BCUT2D eigenvalue weighted by Crippen LogP contribution is 2.18. The van der Waals surface area contributed by atoms with Gasteiger partial charge >= 0.3 is 5.76 Å². The fourth-order valence-electron chi connectivity index (χ4n) is 2.52. The summed E-state index contributed by atoms with van der Waals surface area (Å²) in [5, 5.41) is 0. The molecule has 0 bridgehead atoms. The van der Waals surface area contributed by atoms with E-state index in [2.05, 4.69) is 9.71 Å². The molecule has 2 heterocycles. The minimum Gasteiger partial charge on any atom is -0.408 e. The summed E-state index contributed by atoms with van der Waals surface area (Å²) < 4.78 is 32.2. The zero-order valence-corrected chi connectivity index (χ0v) is 12.6. The third-order valence-electron chi connectivity index (χ3n) is 3.66. The van der Waals surface area contributed by atoms with Gasteiger partial charge in [0.05, 0.1) is 10.4 Å². The van der Waals surface area contributed by atoms with Crippen LogP contribution >= 0.6 is 0 Å². The highest BCUT2D eigenvalue weighted by molar-refractivity contribution is 7.89. The number of H-pyrrole nitrogens is 1. The Hall–Kier alpha value is -2.13. The molecule has 1 aliphatic heterocycles. The summed E-state index contributed by atoms with van der Waals surface area (Å²) in [5.74, 6) is -0.706. The van der Waals surface area contributed by atoms with Gasteiger partial charge in [0.2, 0.25) is 15.9 Å². The van der Waals surface area contributed by atoms with Crippen molar-refractivity contribution in [2.45, 2.75) is 24.3 Å². The molecule has 0 aliphatic carbocycles. The number of aromatic nitrogens is 1. The molecule has 1 unspecified atom stereocenters. The molecule has 0 radical (unpaired) electrons. The summed E-state index contributed by atoms with van der Waals surface area (Å²) in [6, 6.07) is 3.86. The summed E-state index contributed by atoms with van der Waals surface area (Å²) >= 11 is 0. The number of nitrogens with one attached hydrogen (secondary N) is 2. The standard InChI is InChI=1S/C13H15N3O5S/c1-8(17)16-5-4-9(7-16)15-22(19,20)10-2-3-11-12(6-10)21-13(18)14-11/h2-3,6,9,15H,4-5,7H2,1H3,(H,14,18). The van der Waals surface area contributed by atoms with Gasteiger partial charge in [-0.05, 0) is 18.6 Å². The van der Waals surface area contributed by atoms with E-state index < -0.39 is 15.8 Å². The average molecular weight is 325 g/mol. The number of sulfonamides is 1. The van der Waals surface area contributed by atoms with Gasteiger partial charge in [-0.15, -0.1) is 0 Å². The Morgan fingerprint density at radius 1 is 1.45 bits per heavy atom. The number of nitrogens with zero attached hydrogens (tertiary/aromatic N) is 1. The summed E-state index contributed by atoms with van der Waals surface area (Å²) in [7, 11) is -3.74. The third-order valence-corrected chi connectivity index (χ3v) is 5.18. The topological polar surface area (TPSA) is 112 Å². The Kier molecular flexibility index (Phi) is 3.53. The van der Waals surface area contributed by atoms with Crippen molar-refractivity contribution in [1.29, 1.82) is 0 Å². The van der Waals surface area contributed by atoms with Crippen LogP contribution in [0.15, 0.2) is 32.3 Å². The van der Waals surface area contributed by atoms with E-state index in [0.717, 1.165) is 0 Å². The number of carbonyl (C=O) groups excluding carboxylic acids is 1. The smallest absolute Gasteiger partial charge is 0.408 e. The molecule has 2 N–H and O–H groups in total. The quantitative estimate of drug-likeness (QED) is 0.826. The van der Waals surface area contributed by atoms with Gasteiger partial charge in [-0.1, -0.05) is 0 Å². The number of rotatable bonds is 3. The van der Waals surface area contributed by atoms with Crippen molar-refractivity contribution < 1.29 is 17.6 Å². The Bertz CT molecular complexity index is 882. The van der Waals surface area contributed by atoms with E-state index in [9.17, 15) is 18.0 Å². The van der Waals surface area contributed by atoms with Crippen LogP contribution in [0.25, 0.3) is 11.1 Å². The Labute approximate surface area is 126 Å². The van der Waals surface area contributed by atoms with Crippen LogP contribution in [0, 0.1) is 0 Å². The molecule has 1 aromatic carbocycles. The van der Waals surface area contributed by atoms with E-state index in [4.69, 9.17) is 4.42 Å². The van der Waals surface area contributed by atoms with Crippen LogP contribution in [-0.2, 0) is 14.8 Å². The van der Waals surface area contributed by atoms with Crippen molar-refractivity contribution >= 4 is 27.0 Å². The lowest BCUT2D eigenvalue weighted by Gasteiger charge is -2.15. The molecule has 22 heavy (non-hydrogen) atoms.